The maximum atomic E-state index is 5.44. The summed E-state index contributed by atoms with van der Waals surface area (Å²) in [4.78, 5) is 7.50. The third kappa shape index (κ3) is 6.74. The fourth-order valence-electron chi connectivity index (χ4n) is 3.94. The average Bonchev–Trinajstić information content (AvgIpc) is 3.45. The number of nitrogens with zero attached hydrogens (tertiary/aromatic N) is 2. The summed E-state index contributed by atoms with van der Waals surface area (Å²) >= 11 is 0. The highest BCUT2D eigenvalue weighted by Gasteiger charge is 2.32. The summed E-state index contributed by atoms with van der Waals surface area (Å²) in [7, 11) is 0. The second-order valence-corrected chi connectivity index (χ2v) is 8.02. The number of benzene rings is 1. The summed E-state index contributed by atoms with van der Waals surface area (Å²) in [5.74, 6) is 1.89. The minimum Gasteiger partial charge on any atom is -0.469 e. The first-order chi connectivity index (χ1) is 13.8. The third-order valence-corrected chi connectivity index (χ3v) is 5.79. The molecule has 0 bridgehead atoms. The number of rotatable bonds is 7. The molecular weight excluding hydrogens is 475 g/mol. The summed E-state index contributed by atoms with van der Waals surface area (Å²) < 4.78 is 5.44. The zero-order valence-electron chi connectivity index (χ0n) is 17.2. The van der Waals surface area contributed by atoms with Gasteiger partial charge in [0.2, 0.25) is 0 Å². The van der Waals surface area contributed by atoms with Gasteiger partial charge in [-0.15, -0.1) is 24.0 Å². The van der Waals surface area contributed by atoms with Gasteiger partial charge >= 0.3 is 0 Å². The van der Waals surface area contributed by atoms with E-state index in [0.29, 0.717) is 12.6 Å². The number of hydrogen-bond donors (Lipinski definition) is 2. The molecule has 1 saturated carbocycles. The van der Waals surface area contributed by atoms with Gasteiger partial charge < -0.3 is 20.0 Å². The third-order valence-electron chi connectivity index (χ3n) is 5.79. The van der Waals surface area contributed by atoms with Gasteiger partial charge in [-0.2, -0.15) is 0 Å². The molecule has 6 heteroatoms. The second kappa shape index (κ2) is 11.0. The van der Waals surface area contributed by atoms with Crippen LogP contribution >= 0.6 is 24.0 Å². The molecule has 1 unspecified atom stereocenters. The lowest BCUT2D eigenvalue weighted by atomic mass is 10.0. The summed E-state index contributed by atoms with van der Waals surface area (Å²) in [5, 5.41) is 7.30. The van der Waals surface area contributed by atoms with Crippen LogP contribution in [0.15, 0.2) is 58.1 Å². The lowest BCUT2D eigenvalue weighted by Gasteiger charge is -2.33. The predicted octanol–water partition coefficient (Wildman–Crippen LogP) is 4.36. The topological polar surface area (TPSA) is 52.8 Å². The van der Waals surface area contributed by atoms with Gasteiger partial charge in [0.15, 0.2) is 5.96 Å². The largest absolute Gasteiger partial charge is 0.469 e. The molecule has 0 radical (unpaired) electrons. The molecule has 0 amide bonds. The number of hydrogen-bond acceptors (Lipinski definition) is 3. The fraction of sp³-hybridized carbons (Fsp3) is 0.522. The molecule has 2 aliphatic rings. The smallest absolute Gasteiger partial charge is 0.191 e. The van der Waals surface area contributed by atoms with E-state index in [0.717, 1.165) is 24.2 Å². The normalized spacial score (nSPS) is 19.4. The van der Waals surface area contributed by atoms with Crippen molar-refractivity contribution in [1.29, 1.82) is 0 Å². The van der Waals surface area contributed by atoms with Gasteiger partial charge in [-0.1, -0.05) is 30.3 Å². The van der Waals surface area contributed by atoms with E-state index >= 15 is 0 Å². The van der Waals surface area contributed by atoms with Gasteiger partial charge in [0.1, 0.15) is 5.76 Å². The molecule has 2 fully saturated rings. The van der Waals surface area contributed by atoms with Crippen molar-refractivity contribution in [3.63, 3.8) is 0 Å². The average molecular weight is 508 g/mol. The van der Waals surface area contributed by atoms with Crippen LogP contribution in [0.5, 0.6) is 0 Å². The van der Waals surface area contributed by atoms with E-state index in [2.05, 4.69) is 52.8 Å². The maximum absolute atomic E-state index is 5.44. The number of halogens is 1. The van der Waals surface area contributed by atoms with E-state index < -0.39 is 0 Å². The Morgan fingerprint density at radius 3 is 2.52 bits per heavy atom. The van der Waals surface area contributed by atoms with Crippen LogP contribution in [0.1, 0.15) is 50.0 Å². The molecule has 0 spiro atoms. The van der Waals surface area contributed by atoms with Crippen molar-refractivity contribution >= 4 is 29.9 Å². The molecule has 1 aromatic carbocycles. The molecule has 2 heterocycles. The molecule has 4 rings (SSSR count). The first-order valence-corrected chi connectivity index (χ1v) is 10.7. The number of furan rings is 1. The first-order valence-electron chi connectivity index (χ1n) is 10.7. The summed E-state index contributed by atoms with van der Waals surface area (Å²) in [6.45, 7) is 5.31. The summed E-state index contributed by atoms with van der Waals surface area (Å²) in [6, 6.07) is 16.1. The van der Waals surface area contributed by atoms with Crippen molar-refractivity contribution in [2.45, 2.75) is 57.2 Å². The minimum atomic E-state index is 0. The van der Waals surface area contributed by atoms with Gasteiger partial charge in [-0.3, -0.25) is 4.99 Å². The highest BCUT2D eigenvalue weighted by atomic mass is 127. The quantitative estimate of drug-likeness (QED) is 0.332. The van der Waals surface area contributed by atoms with Crippen LogP contribution in [0.4, 0.5) is 0 Å². The molecule has 1 aliphatic heterocycles. The van der Waals surface area contributed by atoms with Gasteiger partial charge in [0.05, 0.1) is 12.3 Å². The van der Waals surface area contributed by atoms with Gasteiger partial charge in [-0.25, -0.2) is 0 Å². The first kappa shape index (κ1) is 22.2. The minimum absolute atomic E-state index is 0. The summed E-state index contributed by atoms with van der Waals surface area (Å²) in [5.41, 5.74) is 1.27. The fourth-order valence-corrected chi connectivity index (χ4v) is 3.94. The molecule has 2 aromatic rings. The molecule has 158 valence electrons. The van der Waals surface area contributed by atoms with Gasteiger partial charge in [0, 0.05) is 38.1 Å². The molecule has 1 aliphatic carbocycles. The lowest BCUT2D eigenvalue weighted by molar-refractivity contribution is 0.197. The lowest BCUT2D eigenvalue weighted by Crippen LogP contribution is -2.49. The molecule has 1 saturated heterocycles. The number of piperidine rings is 1. The van der Waals surface area contributed by atoms with Crippen LogP contribution in [0, 0.1) is 0 Å². The highest BCUT2D eigenvalue weighted by molar-refractivity contribution is 14.0. The Hall–Kier alpha value is -1.54. The van der Waals surface area contributed by atoms with Crippen LogP contribution in [-0.2, 0) is 6.42 Å². The maximum Gasteiger partial charge on any atom is 0.191 e. The van der Waals surface area contributed by atoms with E-state index in [9.17, 15) is 0 Å². The zero-order chi connectivity index (χ0) is 19.2. The van der Waals surface area contributed by atoms with Crippen LogP contribution in [-0.4, -0.2) is 42.6 Å². The van der Waals surface area contributed by atoms with Crippen molar-refractivity contribution in [2.24, 2.45) is 4.99 Å². The molecule has 1 aromatic heterocycles. The van der Waals surface area contributed by atoms with E-state index in [1.807, 2.05) is 12.1 Å². The van der Waals surface area contributed by atoms with Crippen molar-refractivity contribution < 1.29 is 4.42 Å². The SMILES string of the molecule is CC(NC(=NCCc1ccco1)NC1CCN(C2CC2)CC1)c1ccccc1.I. The molecule has 1 atom stereocenters. The number of aliphatic imine (C=N–C) groups is 1. The molecule has 29 heavy (non-hydrogen) atoms. The molecule has 2 N–H and O–H groups in total. The van der Waals surface area contributed by atoms with Crippen LogP contribution < -0.4 is 10.6 Å². The van der Waals surface area contributed by atoms with E-state index in [-0.39, 0.29) is 30.0 Å². The Morgan fingerprint density at radius 2 is 1.86 bits per heavy atom. The Bertz CT molecular complexity index is 738. The number of likely N-dealkylation sites (tertiary alicyclic amines) is 1. The Labute approximate surface area is 191 Å². The molecule has 5 nitrogen and oxygen atoms in total. The van der Waals surface area contributed by atoms with E-state index in [4.69, 9.17) is 9.41 Å². The van der Waals surface area contributed by atoms with Crippen molar-refractivity contribution in [3.8, 4) is 0 Å². The standard InChI is InChI=1S/C23H32N4O.HI/c1-18(19-6-3-2-4-7-19)25-23(24-14-11-22-8-5-17-28-22)26-20-12-15-27(16-13-20)21-9-10-21;/h2-8,17-18,20-21H,9-16H2,1H3,(H2,24,25,26);1H. The van der Waals surface area contributed by atoms with Crippen LogP contribution in [0.3, 0.4) is 0 Å². The monoisotopic (exact) mass is 508 g/mol. The van der Waals surface area contributed by atoms with E-state index in [1.54, 1.807) is 6.26 Å². The number of nitrogens with one attached hydrogen (secondary N) is 2. The van der Waals surface area contributed by atoms with Crippen LogP contribution in [0.2, 0.25) is 0 Å². The molecular formula is C23H33IN4O. The highest BCUT2D eigenvalue weighted by Crippen LogP contribution is 2.29. The second-order valence-electron chi connectivity index (χ2n) is 8.02. The van der Waals surface area contributed by atoms with Crippen LogP contribution in [0.25, 0.3) is 0 Å². The number of guanidine groups is 1. The zero-order valence-corrected chi connectivity index (χ0v) is 19.5. The predicted molar refractivity (Wildman–Crippen MR) is 129 cm³/mol. The van der Waals surface area contributed by atoms with Gasteiger partial charge in [0.25, 0.3) is 0 Å². The van der Waals surface area contributed by atoms with Crippen molar-refractivity contribution in [1.82, 2.24) is 15.5 Å². The van der Waals surface area contributed by atoms with E-state index in [1.165, 1.54) is 44.3 Å². The van der Waals surface area contributed by atoms with Crippen molar-refractivity contribution in [2.75, 3.05) is 19.6 Å². The van der Waals surface area contributed by atoms with Gasteiger partial charge in [-0.05, 0) is 50.3 Å². The Morgan fingerprint density at radius 1 is 1.10 bits per heavy atom. The summed E-state index contributed by atoms with van der Waals surface area (Å²) in [6.07, 6.45) is 7.72. The Balaban J connectivity index is 0.00000240. The van der Waals surface area contributed by atoms with Crippen molar-refractivity contribution in [3.05, 3.63) is 60.1 Å². The Kier molecular flexibility index (Phi) is 8.41.